The lowest BCUT2D eigenvalue weighted by atomic mass is 10.0. The highest BCUT2D eigenvalue weighted by molar-refractivity contribution is 6.35. The lowest BCUT2D eigenvalue weighted by Gasteiger charge is -2.23. The van der Waals surface area contributed by atoms with Crippen LogP contribution in [0.15, 0.2) is 60.3 Å². The van der Waals surface area contributed by atoms with Gasteiger partial charge >= 0.3 is 0 Å². The maximum atomic E-state index is 13.2. The third kappa shape index (κ3) is 4.34. The molecule has 1 aliphatic rings. The summed E-state index contributed by atoms with van der Waals surface area (Å²) in [4.78, 5) is 29.5. The first-order chi connectivity index (χ1) is 13.9. The minimum atomic E-state index is -0.248. The Labute approximate surface area is 172 Å². The summed E-state index contributed by atoms with van der Waals surface area (Å²) in [7, 11) is 1.86. The van der Waals surface area contributed by atoms with Crippen LogP contribution >= 0.6 is 0 Å². The van der Waals surface area contributed by atoms with Gasteiger partial charge in [-0.1, -0.05) is 49.4 Å². The molecule has 0 unspecified atom stereocenters. The third-order valence-electron chi connectivity index (χ3n) is 4.87. The minimum absolute atomic E-state index is 0.209. The van der Waals surface area contributed by atoms with Crippen molar-refractivity contribution in [3.8, 4) is 5.75 Å². The molecule has 0 saturated heterocycles. The van der Waals surface area contributed by atoms with Gasteiger partial charge in [-0.15, -0.1) is 0 Å². The second kappa shape index (κ2) is 8.95. The van der Waals surface area contributed by atoms with E-state index in [2.05, 4.69) is 6.92 Å². The topological polar surface area (TPSA) is 49.9 Å². The quantitative estimate of drug-likeness (QED) is 0.635. The van der Waals surface area contributed by atoms with Crippen LogP contribution in [0.5, 0.6) is 5.75 Å². The van der Waals surface area contributed by atoms with Crippen molar-refractivity contribution in [3.63, 3.8) is 0 Å². The van der Waals surface area contributed by atoms with Crippen LogP contribution in [0.3, 0.4) is 0 Å². The predicted octanol–water partition coefficient (Wildman–Crippen LogP) is 4.10. The van der Waals surface area contributed by atoms with Crippen LogP contribution in [0, 0.1) is 0 Å². The van der Waals surface area contributed by atoms with Gasteiger partial charge in [0.2, 0.25) is 0 Å². The number of rotatable bonds is 8. The highest BCUT2D eigenvalue weighted by atomic mass is 16.5. The SMILES string of the molecule is CCCOc1ccc(C2=C(N(C)Cc3ccccc3)C(=O)N(C(C)C)C2=O)cc1. The van der Waals surface area contributed by atoms with Crippen LogP contribution in [-0.2, 0) is 16.1 Å². The Morgan fingerprint density at radius 1 is 0.966 bits per heavy atom. The highest BCUT2D eigenvalue weighted by Crippen LogP contribution is 2.33. The largest absolute Gasteiger partial charge is 0.494 e. The molecule has 3 rings (SSSR count). The Kier molecular flexibility index (Phi) is 6.37. The van der Waals surface area contributed by atoms with E-state index in [0.29, 0.717) is 24.4 Å². The molecule has 0 bridgehead atoms. The fourth-order valence-corrected chi connectivity index (χ4v) is 3.49. The molecule has 2 aromatic rings. The lowest BCUT2D eigenvalue weighted by molar-refractivity contribution is -0.139. The molecule has 5 nitrogen and oxygen atoms in total. The summed E-state index contributed by atoms with van der Waals surface area (Å²) >= 11 is 0. The average Bonchev–Trinajstić information content (AvgIpc) is 2.98. The number of imide groups is 1. The van der Waals surface area contributed by atoms with Gasteiger partial charge in [0.05, 0.1) is 12.2 Å². The molecule has 5 heteroatoms. The fourth-order valence-electron chi connectivity index (χ4n) is 3.49. The molecule has 0 aliphatic carbocycles. The van der Waals surface area contributed by atoms with Crippen LogP contribution in [0.25, 0.3) is 5.57 Å². The number of likely N-dealkylation sites (N-methyl/N-ethyl adjacent to an activating group) is 1. The Morgan fingerprint density at radius 2 is 1.62 bits per heavy atom. The Balaban J connectivity index is 1.99. The van der Waals surface area contributed by atoms with Crippen molar-refractivity contribution < 1.29 is 14.3 Å². The van der Waals surface area contributed by atoms with Crippen LogP contribution < -0.4 is 4.74 Å². The summed E-state index contributed by atoms with van der Waals surface area (Å²) < 4.78 is 5.64. The molecule has 0 spiro atoms. The molecule has 1 aliphatic heterocycles. The van der Waals surface area contributed by atoms with E-state index in [1.54, 1.807) is 0 Å². The Hall–Kier alpha value is -3.08. The number of benzene rings is 2. The molecular formula is C24H28N2O3. The van der Waals surface area contributed by atoms with E-state index < -0.39 is 0 Å². The number of amides is 2. The number of hydrogen-bond acceptors (Lipinski definition) is 4. The molecule has 2 amide bonds. The van der Waals surface area contributed by atoms with Crippen molar-refractivity contribution in [1.29, 1.82) is 0 Å². The maximum Gasteiger partial charge on any atom is 0.278 e. The summed E-state index contributed by atoms with van der Waals surface area (Å²) in [6.07, 6.45) is 0.928. The zero-order chi connectivity index (χ0) is 21.0. The van der Waals surface area contributed by atoms with Gasteiger partial charge in [-0.25, -0.2) is 0 Å². The molecule has 0 atom stereocenters. The van der Waals surface area contributed by atoms with Crippen LogP contribution in [0.1, 0.15) is 38.3 Å². The van der Waals surface area contributed by atoms with E-state index in [1.807, 2.05) is 80.4 Å². The first kappa shape index (κ1) is 20.6. The molecule has 0 radical (unpaired) electrons. The predicted molar refractivity (Wildman–Crippen MR) is 114 cm³/mol. The fraction of sp³-hybridized carbons (Fsp3) is 0.333. The Bertz CT molecular complexity index is 901. The summed E-state index contributed by atoms with van der Waals surface area (Å²) in [5, 5.41) is 0. The van der Waals surface area contributed by atoms with Gasteiger partial charge < -0.3 is 9.64 Å². The van der Waals surface area contributed by atoms with Crippen molar-refractivity contribution in [3.05, 3.63) is 71.4 Å². The summed E-state index contributed by atoms with van der Waals surface area (Å²) in [6, 6.07) is 17.1. The van der Waals surface area contributed by atoms with Gasteiger partial charge in [0, 0.05) is 19.6 Å². The van der Waals surface area contributed by atoms with Gasteiger partial charge in [0.15, 0.2) is 0 Å². The molecule has 0 N–H and O–H groups in total. The van der Waals surface area contributed by atoms with E-state index in [-0.39, 0.29) is 17.9 Å². The number of carbonyl (C=O) groups is 2. The van der Waals surface area contributed by atoms with E-state index in [0.717, 1.165) is 23.3 Å². The monoisotopic (exact) mass is 392 g/mol. The second-order valence-electron chi connectivity index (χ2n) is 7.51. The van der Waals surface area contributed by atoms with Gasteiger partial charge in [0.1, 0.15) is 11.4 Å². The van der Waals surface area contributed by atoms with E-state index in [4.69, 9.17) is 4.74 Å². The summed E-state index contributed by atoms with van der Waals surface area (Å²) in [5.41, 5.74) is 2.69. The zero-order valence-electron chi connectivity index (χ0n) is 17.5. The molecule has 1 heterocycles. The van der Waals surface area contributed by atoms with Gasteiger partial charge in [0.25, 0.3) is 11.8 Å². The van der Waals surface area contributed by atoms with Gasteiger partial charge in [-0.3, -0.25) is 14.5 Å². The molecule has 29 heavy (non-hydrogen) atoms. The standard InChI is InChI=1S/C24H28N2O3/c1-5-15-29-20-13-11-19(12-14-20)21-22(24(28)26(17(2)3)23(21)27)25(4)16-18-9-7-6-8-10-18/h6-14,17H,5,15-16H2,1-4H3. The summed E-state index contributed by atoms with van der Waals surface area (Å²) in [5.74, 6) is 0.264. The number of carbonyl (C=O) groups excluding carboxylic acids is 2. The van der Waals surface area contributed by atoms with E-state index in [1.165, 1.54) is 4.90 Å². The van der Waals surface area contributed by atoms with Crippen LogP contribution in [0.2, 0.25) is 0 Å². The van der Waals surface area contributed by atoms with Crippen molar-refractivity contribution in [2.75, 3.05) is 13.7 Å². The molecule has 0 fully saturated rings. The van der Waals surface area contributed by atoms with Gasteiger partial charge in [-0.05, 0) is 43.5 Å². The smallest absolute Gasteiger partial charge is 0.278 e. The van der Waals surface area contributed by atoms with E-state index >= 15 is 0 Å². The average molecular weight is 392 g/mol. The highest BCUT2D eigenvalue weighted by Gasteiger charge is 2.41. The molecule has 152 valence electrons. The van der Waals surface area contributed by atoms with Crippen molar-refractivity contribution in [2.24, 2.45) is 0 Å². The molecular weight excluding hydrogens is 364 g/mol. The van der Waals surface area contributed by atoms with Crippen LogP contribution in [0.4, 0.5) is 0 Å². The van der Waals surface area contributed by atoms with Crippen molar-refractivity contribution >= 4 is 17.4 Å². The lowest BCUT2D eigenvalue weighted by Crippen LogP contribution is -2.39. The molecule has 0 aromatic heterocycles. The maximum absolute atomic E-state index is 13.2. The first-order valence-corrected chi connectivity index (χ1v) is 10.0. The second-order valence-corrected chi connectivity index (χ2v) is 7.51. The first-order valence-electron chi connectivity index (χ1n) is 10.0. The van der Waals surface area contributed by atoms with E-state index in [9.17, 15) is 9.59 Å². The van der Waals surface area contributed by atoms with Gasteiger partial charge in [-0.2, -0.15) is 0 Å². The summed E-state index contributed by atoms with van der Waals surface area (Å²) in [6.45, 7) is 6.95. The number of hydrogen-bond donors (Lipinski definition) is 0. The normalized spacial score (nSPS) is 14.2. The Morgan fingerprint density at radius 3 is 2.21 bits per heavy atom. The van der Waals surface area contributed by atoms with Crippen LogP contribution in [-0.4, -0.2) is 41.3 Å². The van der Waals surface area contributed by atoms with Crippen molar-refractivity contribution in [1.82, 2.24) is 9.80 Å². The minimum Gasteiger partial charge on any atom is -0.494 e. The zero-order valence-corrected chi connectivity index (χ0v) is 17.5. The third-order valence-corrected chi connectivity index (χ3v) is 4.87. The van der Waals surface area contributed by atoms with Crippen molar-refractivity contribution in [2.45, 2.75) is 39.8 Å². The molecule has 2 aromatic carbocycles. The number of nitrogens with zero attached hydrogens (tertiary/aromatic N) is 2. The number of ether oxygens (including phenoxy) is 1. The molecule has 0 saturated carbocycles.